The Balaban J connectivity index is 4.26. The zero-order valence-electron chi connectivity index (χ0n) is 54.2. The molecule has 0 aliphatic carbocycles. The first kappa shape index (κ1) is 77.4. The van der Waals surface area contributed by atoms with Crippen LogP contribution in [0.5, 0.6) is 0 Å². The molecule has 6 nitrogen and oxygen atoms in total. The quantitative estimate of drug-likeness (QED) is 0.0343. The lowest BCUT2D eigenvalue weighted by atomic mass is 10.0. The standard InChI is InChI=1S/C73H142O6/c1-4-7-10-13-16-19-22-25-28-31-34-37-40-42-45-48-51-54-57-60-63-66-72(75)78-69-70(79-73(76)67-64-61-58-55-52-49-46-43-39-36-33-30-27-24-21-18-15-12-9-6-3)68-77-71(74)65-62-59-56-53-50-47-44-41-38-35-32-29-26-23-20-17-14-11-8-5-2/h70H,4-69H2,1-3H3. The second-order valence-electron chi connectivity index (χ2n) is 25.2. The SMILES string of the molecule is CCCCCCCCCCCCCCCCCCCCCCCC(=O)OCC(COC(=O)CCCCCCCCCCCCCCCCCCCCCC)OC(=O)CCCCCCCCCCCCCCCCCCCCCC. The molecule has 0 aliphatic heterocycles. The molecule has 470 valence electrons. The van der Waals surface area contributed by atoms with E-state index in [-0.39, 0.29) is 31.1 Å². The van der Waals surface area contributed by atoms with Gasteiger partial charge in [-0.1, -0.05) is 393 Å². The Morgan fingerprint density at radius 2 is 0.342 bits per heavy atom. The lowest BCUT2D eigenvalue weighted by molar-refractivity contribution is -0.167. The van der Waals surface area contributed by atoms with Gasteiger partial charge in [0, 0.05) is 19.3 Å². The van der Waals surface area contributed by atoms with Gasteiger partial charge in [0.25, 0.3) is 0 Å². The van der Waals surface area contributed by atoms with Crippen molar-refractivity contribution in [3.63, 3.8) is 0 Å². The van der Waals surface area contributed by atoms with Crippen molar-refractivity contribution in [3.05, 3.63) is 0 Å². The van der Waals surface area contributed by atoms with E-state index in [0.717, 1.165) is 57.8 Å². The first-order valence-electron chi connectivity index (χ1n) is 36.5. The van der Waals surface area contributed by atoms with Gasteiger partial charge in [-0.3, -0.25) is 14.4 Å². The Labute approximate surface area is 495 Å². The summed E-state index contributed by atoms with van der Waals surface area (Å²) in [5, 5.41) is 0. The minimum Gasteiger partial charge on any atom is -0.462 e. The van der Waals surface area contributed by atoms with Crippen LogP contribution in [0.2, 0.25) is 0 Å². The third-order valence-electron chi connectivity index (χ3n) is 17.1. The van der Waals surface area contributed by atoms with Crippen LogP contribution >= 0.6 is 0 Å². The van der Waals surface area contributed by atoms with Crippen LogP contribution in [0.3, 0.4) is 0 Å². The molecule has 1 atom stereocenters. The molecule has 0 aliphatic rings. The summed E-state index contributed by atoms with van der Waals surface area (Å²) in [5.41, 5.74) is 0. The third kappa shape index (κ3) is 67.1. The van der Waals surface area contributed by atoms with Gasteiger partial charge < -0.3 is 14.2 Å². The van der Waals surface area contributed by atoms with Crippen molar-refractivity contribution < 1.29 is 28.6 Å². The van der Waals surface area contributed by atoms with Crippen LogP contribution in [0, 0.1) is 0 Å². The van der Waals surface area contributed by atoms with E-state index in [9.17, 15) is 14.4 Å². The molecule has 0 aromatic carbocycles. The highest BCUT2D eigenvalue weighted by atomic mass is 16.6. The van der Waals surface area contributed by atoms with E-state index in [0.29, 0.717) is 19.3 Å². The number of hydrogen-bond acceptors (Lipinski definition) is 6. The summed E-state index contributed by atoms with van der Waals surface area (Å²) in [7, 11) is 0. The van der Waals surface area contributed by atoms with Gasteiger partial charge in [-0.25, -0.2) is 0 Å². The van der Waals surface area contributed by atoms with Crippen LogP contribution in [0.25, 0.3) is 0 Å². The second kappa shape index (κ2) is 68.9. The number of esters is 3. The molecule has 0 spiro atoms. The molecule has 0 aromatic heterocycles. The van der Waals surface area contributed by atoms with Crippen molar-refractivity contribution in [2.75, 3.05) is 13.2 Å². The zero-order valence-corrected chi connectivity index (χ0v) is 54.2. The van der Waals surface area contributed by atoms with Gasteiger partial charge in [0.1, 0.15) is 13.2 Å². The molecule has 0 bridgehead atoms. The first-order valence-corrected chi connectivity index (χ1v) is 36.5. The van der Waals surface area contributed by atoms with Gasteiger partial charge in [0.05, 0.1) is 0 Å². The molecule has 0 rings (SSSR count). The van der Waals surface area contributed by atoms with Crippen molar-refractivity contribution in [2.45, 2.75) is 438 Å². The van der Waals surface area contributed by atoms with Gasteiger partial charge in [0.15, 0.2) is 6.10 Å². The van der Waals surface area contributed by atoms with E-state index in [1.54, 1.807) is 0 Å². The molecular weight excluding hydrogens is 973 g/mol. The van der Waals surface area contributed by atoms with Gasteiger partial charge in [0.2, 0.25) is 0 Å². The molecular formula is C73H142O6. The Morgan fingerprint density at radius 3 is 0.506 bits per heavy atom. The molecule has 0 saturated carbocycles. The second-order valence-corrected chi connectivity index (χ2v) is 25.2. The molecule has 0 aromatic rings. The summed E-state index contributed by atoms with van der Waals surface area (Å²) in [4.78, 5) is 38.5. The number of rotatable bonds is 69. The molecule has 0 saturated heterocycles. The molecule has 0 amide bonds. The van der Waals surface area contributed by atoms with Gasteiger partial charge in [-0.15, -0.1) is 0 Å². The van der Waals surface area contributed by atoms with E-state index < -0.39 is 6.10 Å². The fourth-order valence-corrected chi connectivity index (χ4v) is 11.6. The first-order chi connectivity index (χ1) is 39.0. The monoisotopic (exact) mass is 1120 g/mol. The fraction of sp³-hybridized carbons (Fsp3) is 0.959. The van der Waals surface area contributed by atoms with E-state index in [1.807, 2.05) is 0 Å². The molecule has 0 N–H and O–H groups in total. The van der Waals surface area contributed by atoms with E-state index in [4.69, 9.17) is 14.2 Å². The molecule has 1 unspecified atom stereocenters. The highest BCUT2D eigenvalue weighted by molar-refractivity contribution is 5.71. The van der Waals surface area contributed by atoms with Crippen LogP contribution in [0.1, 0.15) is 432 Å². The van der Waals surface area contributed by atoms with Gasteiger partial charge >= 0.3 is 17.9 Å². The topological polar surface area (TPSA) is 78.9 Å². The van der Waals surface area contributed by atoms with E-state index in [2.05, 4.69) is 20.8 Å². The summed E-state index contributed by atoms with van der Waals surface area (Å²) >= 11 is 0. The maximum Gasteiger partial charge on any atom is 0.306 e. The summed E-state index contributed by atoms with van der Waals surface area (Å²) < 4.78 is 17.0. The molecule has 0 heterocycles. The van der Waals surface area contributed by atoms with Crippen LogP contribution in [-0.4, -0.2) is 37.2 Å². The average molecular weight is 1120 g/mol. The zero-order chi connectivity index (χ0) is 57.1. The maximum absolute atomic E-state index is 13.0. The summed E-state index contributed by atoms with van der Waals surface area (Å²) in [6, 6.07) is 0. The molecule has 0 radical (unpaired) electrons. The molecule has 0 fully saturated rings. The van der Waals surface area contributed by atoms with Crippen molar-refractivity contribution in [3.8, 4) is 0 Å². The summed E-state index contributed by atoms with van der Waals surface area (Å²) in [5.74, 6) is -0.815. The lowest BCUT2D eigenvalue weighted by Gasteiger charge is -2.18. The average Bonchev–Trinajstić information content (AvgIpc) is 3.45. The normalized spacial score (nSPS) is 11.9. The van der Waals surface area contributed by atoms with Crippen molar-refractivity contribution in [1.82, 2.24) is 0 Å². The minimum atomic E-state index is -0.764. The van der Waals surface area contributed by atoms with E-state index >= 15 is 0 Å². The van der Waals surface area contributed by atoms with Crippen molar-refractivity contribution in [2.24, 2.45) is 0 Å². The smallest absolute Gasteiger partial charge is 0.306 e. The lowest BCUT2D eigenvalue weighted by Crippen LogP contribution is -2.30. The Morgan fingerprint density at radius 1 is 0.203 bits per heavy atom. The Kier molecular flexibility index (Phi) is 67.5. The van der Waals surface area contributed by atoms with Crippen molar-refractivity contribution >= 4 is 17.9 Å². The maximum atomic E-state index is 13.0. The van der Waals surface area contributed by atoms with Crippen LogP contribution in [0.4, 0.5) is 0 Å². The highest BCUT2D eigenvalue weighted by Gasteiger charge is 2.20. The van der Waals surface area contributed by atoms with Gasteiger partial charge in [-0.05, 0) is 19.3 Å². The van der Waals surface area contributed by atoms with Crippen molar-refractivity contribution in [1.29, 1.82) is 0 Å². The third-order valence-corrected chi connectivity index (χ3v) is 17.1. The highest BCUT2D eigenvalue weighted by Crippen LogP contribution is 2.20. The van der Waals surface area contributed by atoms with E-state index in [1.165, 1.54) is 334 Å². The summed E-state index contributed by atoms with van der Waals surface area (Å²) in [6.07, 6.45) is 81.3. The minimum absolute atomic E-state index is 0.0599. The Hall–Kier alpha value is -1.59. The molecule has 79 heavy (non-hydrogen) atoms. The largest absolute Gasteiger partial charge is 0.462 e. The number of carbonyl (C=O) groups excluding carboxylic acids is 3. The number of ether oxygens (including phenoxy) is 3. The predicted octanol–water partition coefficient (Wildman–Crippen LogP) is 25.0. The van der Waals surface area contributed by atoms with Crippen LogP contribution in [0.15, 0.2) is 0 Å². The fourth-order valence-electron chi connectivity index (χ4n) is 11.6. The number of hydrogen-bond donors (Lipinski definition) is 0. The van der Waals surface area contributed by atoms with Crippen LogP contribution < -0.4 is 0 Å². The predicted molar refractivity (Wildman–Crippen MR) is 344 cm³/mol. The van der Waals surface area contributed by atoms with Gasteiger partial charge in [-0.2, -0.15) is 0 Å². The summed E-state index contributed by atoms with van der Waals surface area (Å²) in [6.45, 7) is 6.76. The number of carbonyl (C=O) groups is 3. The Bertz CT molecular complexity index is 1190. The molecule has 6 heteroatoms. The number of unbranched alkanes of at least 4 members (excludes halogenated alkanes) is 58. The van der Waals surface area contributed by atoms with Crippen LogP contribution in [-0.2, 0) is 28.6 Å².